The fraction of sp³-hybridized carbons (Fsp3) is 0.357. The Labute approximate surface area is 123 Å². The van der Waals surface area contributed by atoms with Crippen molar-refractivity contribution in [3.05, 3.63) is 23.7 Å². The van der Waals surface area contributed by atoms with Crippen molar-refractivity contribution in [2.45, 2.75) is 13.3 Å². The molecule has 1 aromatic rings. The van der Waals surface area contributed by atoms with Crippen LogP contribution in [0.5, 0.6) is 0 Å². The third-order valence-electron chi connectivity index (χ3n) is 3.15. The molecule has 1 aliphatic rings. The van der Waals surface area contributed by atoms with Crippen LogP contribution in [0.1, 0.15) is 18.9 Å². The number of carbonyl (C=O) groups is 1. The first-order valence-corrected chi connectivity index (χ1v) is 6.48. The number of nitrogens with zero attached hydrogens (tertiary/aromatic N) is 6. The lowest BCUT2D eigenvalue weighted by Gasteiger charge is -2.14. The zero-order chi connectivity index (χ0) is 15.4. The molecular formula is C14H16N6O. The number of nitriles is 1. The molecule has 0 aliphatic carbocycles. The van der Waals surface area contributed by atoms with Gasteiger partial charge in [-0.3, -0.25) is 9.69 Å². The molecule has 1 amide bonds. The van der Waals surface area contributed by atoms with Crippen molar-refractivity contribution < 1.29 is 4.79 Å². The first kappa shape index (κ1) is 14.7. The number of anilines is 1. The van der Waals surface area contributed by atoms with Crippen LogP contribution in [0.2, 0.25) is 0 Å². The van der Waals surface area contributed by atoms with Crippen LogP contribution >= 0.6 is 0 Å². The second kappa shape index (κ2) is 6.13. The minimum Gasteiger partial charge on any atom is -0.343 e. The van der Waals surface area contributed by atoms with E-state index in [4.69, 9.17) is 5.26 Å². The Hall–Kier alpha value is -2.75. The van der Waals surface area contributed by atoms with Gasteiger partial charge in [0.2, 0.25) is 5.95 Å². The summed E-state index contributed by atoms with van der Waals surface area (Å²) in [4.78, 5) is 27.8. The van der Waals surface area contributed by atoms with Crippen LogP contribution in [0.25, 0.3) is 6.08 Å². The van der Waals surface area contributed by atoms with E-state index in [9.17, 15) is 4.79 Å². The third-order valence-corrected chi connectivity index (χ3v) is 3.15. The average Bonchev–Trinajstić information content (AvgIpc) is 2.73. The van der Waals surface area contributed by atoms with Crippen LogP contribution in [0.15, 0.2) is 23.1 Å². The first-order chi connectivity index (χ1) is 10.0. The predicted molar refractivity (Wildman–Crippen MR) is 79.4 cm³/mol. The fourth-order valence-corrected chi connectivity index (χ4v) is 1.79. The average molecular weight is 284 g/mol. The van der Waals surface area contributed by atoms with E-state index in [1.54, 1.807) is 37.3 Å². The lowest BCUT2D eigenvalue weighted by atomic mass is 10.2. The van der Waals surface area contributed by atoms with Crippen LogP contribution in [0, 0.1) is 11.3 Å². The van der Waals surface area contributed by atoms with Gasteiger partial charge in [0.1, 0.15) is 11.5 Å². The van der Waals surface area contributed by atoms with Crippen LogP contribution in [0.3, 0.4) is 0 Å². The molecule has 108 valence electrons. The number of amidine groups is 1. The topological polar surface area (TPSA) is 85.5 Å². The largest absolute Gasteiger partial charge is 0.343 e. The number of hydrogen-bond donors (Lipinski definition) is 0. The van der Waals surface area contributed by atoms with Gasteiger partial charge in [-0.15, -0.1) is 0 Å². The number of carbonyl (C=O) groups excluding carboxylic acids is 1. The highest BCUT2D eigenvalue weighted by Gasteiger charge is 2.23. The first-order valence-electron chi connectivity index (χ1n) is 6.48. The number of rotatable bonds is 4. The zero-order valence-electron chi connectivity index (χ0n) is 12.2. The van der Waals surface area contributed by atoms with Crippen molar-refractivity contribution >= 4 is 23.8 Å². The summed E-state index contributed by atoms with van der Waals surface area (Å²) in [5, 5.41) is 8.56. The molecule has 1 aromatic heterocycles. The van der Waals surface area contributed by atoms with Gasteiger partial charge >= 0.3 is 0 Å². The molecule has 0 atom stereocenters. The Morgan fingerprint density at radius 1 is 1.43 bits per heavy atom. The quantitative estimate of drug-likeness (QED) is 0.772. The molecule has 0 N–H and O–H groups in total. The molecule has 0 bridgehead atoms. The number of aliphatic imine (C=N–C) groups is 1. The van der Waals surface area contributed by atoms with Crippen LogP contribution in [0.4, 0.5) is 5.95 Å². The minimum atomic E-state index is -0.136. The van der Waals surface area contributed by atoms with Gasteiger partial charge in [-0.1, -0.05) is 0 Å². The standard InChI is InChI=1S/C14H16N6O/c1-10-18-12(13(21)20(10)3)7-11-8-16-14(17-9-11)19(2)6-4-5-15/h7-9H,4,6H2,1-3H3/b12-7-. The molecule has 0 aromatic carbocycles. The second-order valence-electron chi connectivity index (χ2n) is 4.70. The maximum atomic E-state index is 11.9. The predicted octanol–water partition coefficient (Wildman–Crippen LogP) is 1.06. The van der Waals surface area contributed by atoms with Gasteiger partial charge in [0.15, 0.2) is 0 Å². The summed E-state index contributed by atoms with van der Waals surface area (Å²) in [6, 6.07) is 2.08. The third kappa shape index (κ3) is 3.23. The Balaban J connectivity index is 2.14. The molecule has 7 heteroatoms. The molecule has 21 heavy (non-hydrogen) atoms. The van der Waals surface area contributed by atoms with Crippen LogP contribution < -0.4 is 4.90 Å². The van der Waals surface area contributed by atoms with E-state index in [0.717, 1.165) is 0 Å². The maximum absolute atomic E-state index is 11.9. The monoisotopic (exact) mass is 284 g/mol. The molecule has 0 fully saturated rings. The smallest absolute Gasteiger partial charge is 0.277 e. The summed E-state index contributed by atoms with van der Waals surface area (Å²) >= 11 is 0. The normalized spacial score (nSPS) is 16.1. The van der Waals surface area contributed by atoms with E-state index in [1.807, 2.05) is 7.05 Å². The summed E-state index contributed by atoms with van der Waals surface area (Å²) in [6.45, 7) is 2.35. The molecule has 2 rings (SSSR count). The van der Waals surface area contributed by atoms with Gasteiger partial charge in [-0.25, -0.2) is 15.0 Å². The van der Waals surface area contributed by atoms with Gasteiger partial charge in [0.05, 0.1) is 12.5 Å². The van der Waals surface area contributed by atoms with E-state index >= 15 is 0 Å². The minimum absolute atomic E-state index is 0.136. The van der Waals surface area contributed by atoms with Crippen molar-refractivity contribution in [3.63, 3.8) is 0 Å². The molecule has 0 radical (unpaired) electrons. The number of aromatic nitrogens is 2. The van der Waals surface area contributed by atoms with Crippen LogP contribution in [-0.4, -0.2) is 47.3 Å². The molecule has 1 aliphatic heterocycles. The van der Waals surface area contributed by atoms with E-state index in [0.29, 0.717) is 36.0 Å². The lowest BCUT2D eigenvalue weighted by molar-refractivity contribution is -0.121. The highest BCUT2D eigenvalue weighted by atomic mass is 16.2. The summed E-state index contributed by atoms with van der Waals surface area (Å²) in [6.07, 6.45) is 5.35. The summed E-state index contributed by atoms with van der Waals surface area (Å²) in [5.74, 6) is 1.07. The SMILES string of the molecule is CC1=N/C(=C\c2cnc(N(C)CCC#N)nc2)C(=O)N1C. The zero-order valence-corrected chi connectivity index (χ0v) is 12.2. The highest BCUT2D eigenvalue weighted by molar-refractivity contribution is 6.13. The van der Waals surface area contributed by atoms with Gasteiger partial charge in [0, 0.05) is 38.6 Å². The lowest BCUT2D eigenvalue weighted by Crippen LogP contribution is -2.25. The van der Waals surface area contributed by atoms with Crippen molar-refractivity contribution in [1.82, 2.24) is 14.9 Å². The Kier molecular flexibility index (Phi) is 4.28. The summed E-state index contributed by atoms with van der Waals surface area (Å²) in [7, 11) is 3.51. The highest BCUT2D eigenvalue weighted by Crippen LogP contribution is 2.16. The van der Waals surface area contributed by atoms with Crippen LogP contribution in [-0.2, 0) is 4.79 Å². The molecule has 0 spiro atoms. The maximum Gasteiger partial charge on any atom is 0.277 e. The Morgan fingerprint density at radius 2 is 2.10 bits per heavy atom. The summed E-state index contributed by atoms with van der Waals surface area (Å²) in [5.41, 5.74) is 1.09. The number of likely N-dealkylation sites (N-methyl/N-ethyl adjacent to an activating group) is 1. The summed E-state index contributed by atoms with van der Waals surface area (Å²) < 4.78 is 0. The van der Waals surface area contributed by atoms with Crippen molar-refractivity contribution in [3.8, 4) is 6.07 Å². The van der Waals surface area contributed by atoms with Gasteiger partial charge < -0.3 is 4.90 Å². The van der Waals surface area contributed by atoms with E-state index < -0.39 is 0 Å². The molecule has 0 saturated heterocycles. The van der Waals surface area contributed by atoms with Crippen molar-refractivity contribution in [2.24, 2.45) is 4.99 Å². The number of amides is 1. The Morgan fingerprint density at radius 3 is 2.62 bits per heavy atom. The second-order valence-corrected chi connectivity index (χ2v) is 4.70. The molecule has 0 saturated carbocycles. The van der Waals surface area contributed by atoms with Gasteiger partial charge in [-0.2, -0.15) is 5.26 Å². The van der Waals surface area contributed by atoms with Gasteiger partial charge in [0.25, 0.3) is 5.91 Å². The van der Waals surface area contributed by atoms with E-state index in [1.165, 1.54) is 4.90 Å². The Bertz CT molecular complexity index is 640. The fourth-order valence-electron chi connectivity index (χ4n) is 1.79. The molecular weight excluding hydrogens is 268 g/mol. The van der Waals surface area contributed by atoms with Crippen molar-refractivity contribution in [2.75, 3.05) is 25.5 Å². The van der Waals surface area contributed by atoms with Crippen molar-refractivity contribution in [1.29, 1.82) is 5.26 Å². The van der Waals surface area contributed by atoms with E-state index in [-0.39, 0.29) is 5.91 Å². The molecule has 7 nitrogen and oxygen atoms in total. The molecule has 0 unspecified atom stereocenters. The molecule has 2 heterocycles. The number of hydrogen-bond acceptors (Lipinski definition) is 6. The van der Waals surface area contributed by atoms with Gasteiger partial charge in [-0.05, 0) is 13.0 Å². The van der Waals surface area contributed by atoms with E-state index in [2.05, 4.69) is 21.0 Å².